The quantitative estimate of drug-likeness (QED) is 0.774. The fraction of sp³-hybridized carbons (Fsp3) is 0.929. The molecule has 1 unspecified atom stereocenters. The van der Waals surface area contributed by atoms with Crippen LogP contribution in [0.3, 0.4) is 0 Å². The summed E-state index contributed by atoms with van der Waals surface area (Å²) < 4.78 is 0. The van der Waals surface area contributed by atoms with Crippen molar-refractivity contribution in [2.45, 2.75) is 45.4 Å². The molecule has 0 radical (unpaired) electrons. The van der Waals surface area contributed by atoms with Crippen molar-refractivity contribution in [1.29, 1.82) is 0 Å². The van der Waals surface area contributed by atoms with Gasteiger partial charge < -0.3 is 10.6 Å². The lowest BCUT2D eigenvalue weighted by molar-refractivity contribution is -0.131. The van der Waals surface area contributed by atoms with Gasteiger partial charge in [-0.05, 0) is 37.5 Å². The van der Waals surface area contributed by atoms with E-state index in [1.807, 2.05) is 11.8 Å². The summed E-state index contributed by atoms with van der Waals surface area (Å²) in [5, 5.41) is 0. The van der Waals surface area contributed by atoms with E-state index in [2.05, 4.69) is 11.8 Å². The minimum Gasteiger partial charge on any atom is -0.342 e. The third-order valence-corrected chi connectivity index (χ3v) is 4.66. The number of nitrogens with two attached hydrogens (primary N) is 1. The second-order valence-corrected chi connectivity index (χ2v) is 6.34. The molecule has 1 rings (SSSR count). The first-order valence-electron chi connectivity index (χ1n) is 7.33. The van der Waals surface area contributed by atoms with Crippen LogP contribution in [0, 0.1) is 5.92 Å². The lowest BCUT2D eigenvalue weighted by atomic mass is 9.94. The number of rotatable bonds is 7. The molecule has 4 heteroatoms. The lowest BCUT2D eigenvalue weighted by Gasteiger charge is -2.21. The highest BCUT2D eigenvalue weighted by Crippen LogP contribution is 2.18. The van der Waals surface area contributed by atoms with E-state index in [-0.39, 0.29) is 0 Å². The van der Waals surface area contributed by atoms with Gasteiger partial charge in [-0.25, -0.2) is 0 Å². The van der Waals surface area contributed by atoms with Crippen molar-refractivity contribution in [3.05, 3.63) is 0 Å². The summed E-state index contributed by atoms with van der Waals surface area (Å²) in [7, 11) is 0. The van der Waals surface area contributed by atoms with Crippen LogP contribution in [0.25, 0.3) is 0 Å². The average Bonchev–Trinajstić information content (AvgIpc) is 2.65. The maximum atomic E-state index is 12.1. The average molecular weight is 272 g/mol. The molecule has 1 aliphatic rings. The Hall–Kier alpha value is -0.220. The van der Waals surface area contributed by atoms with Gasteiger partial charge in [0.2, 0.25) is 5.91 Å². The van der Waals surface area contributed by atoms with Crippen LogP contribution < -0.4 is 5.73 Å². The van der Waals surface area contributed by atoms with Gasteiger partial charge in [0.15, 0.2) is 0 Å². The summed E-state index contributed by atoms with van der Waals surface area (Å²) in [4.78, 5) is 14.2. The van der Waals surface area contributed by atoms with Gasteiger partial charge in [0.05, 0.1) is 0 Å². The van der Waals surface area contributed by atoms with E-state index in [4.69, 9.17) is 5.73 Å². The Kier molecular flexibility index (Phi) is 8.51. The molecule has 1 heterocycles. The second-order valence-electron chi connectivity index (χ2n) is 5.12. The van der Waals surface area contributed by atoms with Crippen LogP contribution in [0.4, 0.5) is 0 Å². The van der Waals surface area contributed by atoms with Gasteiger partial charge >= 0.3 is 0 Å². The summed E-state index contributed by atoms with van der Waals surface area (Å²) in [5.74, 6) is 3.31. The van der Waals surface area contributed by atoms with Gasteiger partial charge in [0, 0.05) is 25.3 Å². The number of hydrogen-bond donors (Lipinski definition) is 1. The van der Waals surface area contributed by atoms with Gasteiger partial charge in [0.25, 0.3) is 0 Å². The first-order chi connectivity index (χ1) is 8.77. The maximum absolute atomic E-state index is 12.1. The smallest absolute Gasteiger partial charge is 0.222 e. The molecule has 0 aromatic carbocycles. The number of carbonyl (C=O) groups is 1. The van der Waals surface area contributed by atoms with Gasteiger partial charge in [-0.3, -0.25) is 4.79 Å². The van der Waals surface area contributed by atoms with Crippen molar-refractivity contribution in [1.82, 2.24) is 4.90 Å². The highest BCUT2D eigenvalue weighted by Gasteiger charge is 2.17. The van der Waals surface area contributed by atoms with Crippen LogP contribution in [0.2, 0.25) is 0 Å². The van der Waals surface area contributed by atoms with Crippen molar-refractivity contribution in [2.75, 3.05) is 31.1 Å². The van der Waals surface area contributed by atoms with E-state index < -0.39 is 0 Å². The highest BCUT2D eigenvalue weighted by atomic mass is 32.2. The van der Waals surface area contributed by atoms with E-state index in [0.29, 0.717) is 11.8 Å². The van der Waals surface area contributed by atoms with Gasteiger partial charge in [-0.2, -0.15) is 11.8 Å². The van der Waals surface area contributed by atoms with Crippen molar-refractivity contribution < 1.29 is 4.79 Å². The fourth-order valence-corrected chi connectivity index (χ4v) is 3.44. The van der Waals surface area contributed by atoms with E-state index in [9.17, 15) is 4.79 Å². The SMILES string of the molecule is CCCC(CCN)CCC(=O)N1CCCSCC1. The highest BCUT2D eigenvalue weighted by molar-refractivity contribution is 7.99. The Balaban J connectivity index is 2.28. The zero-order valence-electron chi connectivity index (χ0n) is 11.7. The van der Waals surface area contributed by atoms with Crippen molar-refractivity contribution in [3.63, 3.8) is 0 Å². The van der Waals surface area contributed by atoms with Crippen LogP contribution in [-0.2, 0) is 4.79 Å². The number of amides is 1. The van der Waals surface area contributed by atoms with Crippen LogP contribution in [0.5, 0.6) is 0 Å². The summed E-state index contributed by atoms with van der Waals surface area (Å²) in [6.07, 6.45) is 6.36. The Morgan fingerprint density at radius 3 is 2.83 bits per heavy atom. The predicted octanol–water partition coefficient (Wildman–Crippen LogP) is 2.50. The van der Waals surface area contributed by atoms with E-state index >= 15 is 0 Å². The number of thioether (sulfide) groups is 1. The molecule has 0 aromatic heterocycles. The predicted molar refractivity (Wildman–Crippen MR) is 79.8 cm³/mol. The molecule has 1 fully saturated rings. The molecule has 1 aliphatic heterocycles. The molecule has 1 saturated heterocycles. The van der Waals surface area contributed by atoms with Crippen LogP contribution in [0.15, 0.2) is 0 Å². The van der Waals surface area contributed by atoms with E-state index in [1.165, 1.54) is 18.6 Å². The largest absolute Gasteiger partial charge is 0.342 e. The Morgan fingerprint density at radius 2 is 2.11 bits per heavy atom. The minimum atomic E-state index is 0.357. The molecule has 1 atom stereocenters. The van der Waals surface area contributed by atoms with Crippen molar-refractivity contribution in [3.8, 4) is 0 Å². The first-order valence-corrected chi connectivity index (χ1v) is 8.49. The number of hydrogen-bond acceptors (Lipinski definition) is 3. The minimum absolute atomic E-state index is 0.357. The van der Waals surface area contributed by atoms with Gasteiger partial charge in [0.1, 0.15) is 0 Å². The second kappa shape index (κ2) is 9.68. The maximum Gasteiger partial charge on any atom is 0.222 e. The normalized spacial score (nSPS) is 18.4. The number of nitrogens with zero attached hydrogens (tertiary/aromatic N) is 1. The molecule has 18 heavy (non-hydrogen) atoms. The summed E-state index contributed by atoms with van der Waals surface area (Å²) in [6.45, 7) is 4.86. The van der Waals surface area contributed by atoms with Crippen LogP contribution in [-0.4, -0.2) is 41.9 Å². The summed E-state index contributed by atoms with van der Waals surface area (Å²) in [5.41, 5.74) is 5.63. The third kappa shape index (κ3) is 6.10. The zero-order chi connectivity index (χ0) is 13.2. The topological polar surface area (TPSA) is 46.3 Å². The summed E-state index contributed by atoms with van der Waals surface area (Å²) in [6, 6.07) is 0. The molecule has 0 aliphatic carbocycles. The summed E-state index contributed by atoms with van der Waals surface area (Å²) >= 11 is 1.97. The molecule has 106 valence electrons. The number of carbonyl (C=O) groups excluding carboxylic acids is 1. The monoisotopic (exact) mass is 272 g/mol. The molecule has 0 saturated carbocycles. The zero-order valence-corrected chi connectivity index (χ0v) is 12.5. The Bertz CT molecular complexity index is 222. The molecule has 0 bridgehead atoms. The molecule has 1 amide bonds. The first kappa shape index (κ1) is 15.8. The molecular weight excluding hydrogens is 244 g/mol. The Morgan fingerprint density at radius 1 is 1.28 bits per heavy atom. The molecule has 2 N–H and O–H groups in total. The standard InChI is InChI=1S/C14H28N2OS/c1-2-4-13(7-8-15)5-6-14(17)16-9-3-11-18-12-10-16/h13H,2-12,15H2,1H3. The van der Waals surface area contributed by atoms with Gasteiger partial charge in [-0.15, -0.1) is 0 Å². The van der Waals surface area contributed by atoms with Crippen molar-refractivity contribution >= 4 is 17.7 Å². The molecule has 3 nitrogen and oxygen atoms in total. The van der Waals surface area contributed by atoms with Crippen LogP contribution in [0.1, 0.15) is 45.4 Å². The van der Waals surface area contributed by atoms with Crippen molar-refractivity contribution in [2.24, 2.45) is 11.7 Å². The van der Waals surface area contributed by atoms with Gasteiger partial charge in [-0.1, -0.05) is 19.8 Å². The lowest BCUT2D eigenvalue weighted by Crippen LogP contribution is -2.33. The molecule has 0 spiro atoms. The Labute approximate surface area is 116 Å². The van der Waals surface area contributed by atoms with Crippen LogP contribution >= 0.6 is 11.8 Å². The molecule has 0 aromatic rings. The molecular formula is C14H28N2OS. The third-order valence-electron chi connectivity index (χ3n) is 3.61. The van der Waals surface area contributed by atoms with E-state index in [0.717, 1.165) is 51.1 Å². The van der Waals surface area contributed by atoms with E-state index in [1.54, 1.807) is 0 Å². The fourth-order valence-electron chi connectivity index (χ4n) is 2.56.